The SMILES string of the molecule is CNC(c1ccc(C)cc1C)C1CCc2cccnc21. The van der Waals surface area contributed by atoms with E-state index >= 15 is 0 Å². The van der Waals surface area contributed by atoms with Gasteiger partial charge in [-0.1, -0.05) is 29.8 Å². The third kappa shape index (κ3) is 2.25. The van der Waals surface area contributed by atoms with E-state index in [4.69, 9.17) is 0 Å². The molecule has 1 aliphatic carbocycles. The van der Waals surface area contributed by atoms with E-state index in [1.54, 1.807) is 0 Å². The molecule has 1 aliphatic rings. The van der Waals surface area contributed by atoms with Crippen LogP contribution in [0.25, 0.3) is 0 Å². The number of fused-ring (bicyclic) bond motifs is 1. The average molecular weight is 266 g/mol. The second kappa shape index (κ2) is 5.37. The van der Waals surface area contributed by atoms with Crippen LogP contribution in [0.5, 0.6) is 0 Å². The van der Waals surface area contributed by atoms with Crippen LogP contribution in [0.4, 0.5) is 0 Å². The normalized spacial score (nSPS) is 18.9. The predicted molar refractivity (Wildman–Crippen MR) is 83.0 cm³/mol. The Labute approximate surface area is 121 Å². The number of aromatic nitrogens is 1. The second-order valence-electron chi connectivity index (χ2n) is 5.82. The molecule has 104 valence electrons. The van der Waals surface area contributed by atoms with Crippen LogP contribution >= 0.6 is 0 Å². The molecule has 0 saturated heterocycles. The van der Waals surface area contributed by atoms with Gasteiger partial charge in [-0.15, -0.1) is 0 Å². The Morgan fingerprint density at radius 2 is 2.10 bits per heavy atom. The lowest BCUT2D eigenvalue weighted by atomic mass is 9.88. The molecule has 0 bridgehead atoms. The van der Waals surface area contributed by atoms with Crippen molar-refractivity contribution in [3.8, 4) is 0 Å². The van der Waals surface area contributed by atoms with Crippen LogP contribution in [0.15, 0.2) is 36.5 Å². The van der Waals surface area contributed by atoms with Crippen molar-refractivity contribution in [3.05, 3.63) is 64.5 Å². The number of hydrogen-bond acceptors (Lipinski definition) is 2. The van der Waals surface area contributed by atoms with Crippen molar-refractivity contribution in [1.29, 1.82) is 0 Å². The molecule has 2 nitrogen and oxygen atoms in total. The highest BCUT2D eigenvalue weighted by molar-refractivity contribution is 5.38. The molecule has 2 heteroatoms. The summed E-state index contributed by atoms with van der Waals surface area (Å²) in [5.41, 5.74) is 6.80. The van der Waals surface area contributed by atoms with E-state index in [1.165, 1.54) is 34.4 Å². The summed E-state index contributed by atoms with van der Waals surface area (Å²) in [6, 6.07) is 11.4. The molecule has 0 amide bonds. The summed E-state index contributed by atoms with van der Waals surface area (Å²) >= 11 is 0. The highest BCUT2D eigenvalue weighted by Gasteiger charge is 2.31. The minimum Gasteiger partial charge on any atom is -0.312 e. The first kappa shape index (κ1) is 13.3. The first-order valence-corrected chi connectivity index (χ1v) is 7.39. The monoisotopic (exact) mass is 266 g/mol. The summed E-state index contributed by atoms with van der Waals surface area (Å²) in [7, 11) is 2.06. The lowest BCUT2D eigenvalue weighted by molar-refractivity contribution is 0.468. The first-order chi connectivity index (χ1) is 9.70. The van der Waals surface area contributed by atoms with Crippen molar-refractivity contribution in [2.24, 2.45) is 0 Å². The molecule has 2 aromatic rings. The molecular weight excluding hydrogens is 244 g/mol. The molecule has 0 radical (unpaired) electrons. The second-order valence-corrected chi connectivity index (χ2v) is 5.82. The van der Waals surface area contributed by atoms with Gasteiger partial charge >= 0.3 is 0 Å². The number of nitrogens with zero attached hydrogens (tertiary/aromatic N) is 1. The summed E-state index contributed by atoms with van der Waals surface area (Å²) in [6.45, 7) is 4.36. The lowest BCUT2D eigenvalue weighted by Crippen LogP contribution is -2.24. The van der Waals surface area contributed by atoms with Gasteiger partial charge in [0.2, 0.25) is 0 Å². The Balaban J connectivity index is 1.99. The van der Waals surface area contributed by atoms with Crippen LogP contribution in [-0.2, 0) is 6.42 Å². The fourth-order valence-corrected chi connectivity index (χ4v) is 3.52. The third-order valence-corrected chi connectivity index (χ3v) is 4.48. The van der Waals surface area contributed by atoms with Gasteiger partial charge in [-0.25, -0.2) is 0 Å². The molecule has 0 spiro atoms. The van der Waals surface area contributed by atoms with E-state index in [9.17, 15) is 0 Å². The van der Waals surface area contributed by atoms with Crippen molar-refractivity contribution in [2.75, 3.05) is 7.05 Å². The largest absolute Gasteiger partial charge is 0.312 e. The van der Waals surface area contributed by atoms with Crippen LogP contribution in [0.2, 0.25) is 0 Å². The Bertz CT molecular complexity index is 619. The smallest absolute Gasteiger partial charge is 0.0485 e. The van der Waals surface area contributed by atoms with E-state index in [2.05, 4.69) is 55.5 Å². The minimum atomic E-state index is 0.353. The Hall–Kier alpha value is -1.67. The maximum atomic E-state index is 4.64. The fraction of sp³-hybridized carbons (Fsp3) is 0.389. The average Bonchev–Trinajstić information content (AvgIpc) is 2.86. The molecule has 2 atom stereocenters. The van der Waals surface area contributed by atoms with Gasteiger partial charge in [0.1, 0.15) is 0 Å². The van der Waals surface area contributed by atoms with Crippen molar-refractivity contribution in [3.63, 3.8) is 0 Å². The molecule has 0 saturated carbocycles. The van der Waals surface area contributed by atoms with Crippen LogP contribution in [0.1, 0.15) is 46.3 Å². The minimum absolute atomic E-state index is 0.353. The van der Waals surface area contributed by atoms with Gasteiger partial charge in [0.15, 0.2) is 0 Å². The van der Waals surface area contributed by atoms with Crippen LogP contribution in [0.3, 0.4) is 0 Å². The van der Waals surface area contributed by atoms with Crippen molar-refractivity contribution in [2.45, 2.75) is 38.6 Å². The zero-order valence-corrected chi connectivity index (χ0v) is 12.5. The first-order valence-electron chi connectivity index (χ1n) is 7.39. The van der Waals surface area contributed by atoms with Crippen molar-refractivity contribution < 1.29 is 0 Å². The van der Waals surface area contributed by atoms with Crippen molar-refractivity contribution in [1.82, 2.24) is 10.3 Å². The van der Waals surface area contributed by atoms with Gasteiger partial charge in [0, 0.05) is 23.9 Å². The number of rotatable bonds is 3. The maximum Gasteiger partial charge on any atom is 0.0485 e. The summed E-state index contributed by atoms with van der Waals surface area (Å²) in [4.78, 5) is 4.64. The molecule has 3 rings (SSSR count). The summed E-state index contributed by atoms with van der Waals surface area (Å²) in [6.07, 6.45) is 4.26. The van der Waals surface area contributed by atoms with E-state index in [0.717, 1.165) is 6.42 Å². The lowest BCUT2D eigenvalue weighted by Gasteiger charge is -2.25. The van der Waals surface area contributed by atoms with Crippen molar-refractivity contribution >= 4 is 0 Å². The highest BCUT2D eigenvalue weighted by atomic mass is 14.9. The van der Waals surface area contributed by atoms with E-state index in [1.807, 2.05) is 12.3 Å². The van der Waals surface area contributed by atoms with Crippen LogP contribution < -0.4 is 5.32 Å². The number of pyridine rings is 1. The molecule has 0 fully saturated rings. The molecular formula is C18H22N2. The molecule has 20 heavy (non-hydrogen) atoms. The fourth-order valence-electron chi connectivity index (χ4n) is 3.52. The Morgan fingerprint density at radius 3 is 2.85 bits per heavy atom. The number of nitrogens with one attached hydrogen (secondary N) is 1. The summed E-state index contributed by atoms with van der Waals surface area (Å²) in [5, 5.41) is 3.52. The van der Waals surface area contributed by atoms with Crippen LogP contribution in [-0.4, -0.2) is 12.0 Å². The number of likely N-dealkylation sites (N-methyl/N-ethyl adjacent to an activating group) is 1. The molecule has 0 aliphatic heterocycles. The molecule has 1 N–H and O–H groups in total. The standard InChI is InChI=1S/C18H22N2/c1-12-6-8-15(13(2)11-12)18(19-3)16-9-7-14-5-4-10-20-17(14)16/h4-6,8,10-11,16,18-19H,7,9H2,1-3H3. The van der Waals surface area contributed by atoms with Gasteiger partial charge in [0.25, 0.3) is 0 Å². The number of aryl methyl sites for hydroxylation is 3. The zero-order chi connectivity index (χ0) is 14.1. The summed E-state index contributed by atoms with van der Waals surface area (Å²) in [5.74, 6) is 0.484. The van der Waals surface area contributed by atoms with Gasteiger partial charge in [-0.2, -0.15) is 0 Å². The Kier molecular flexibility index (Phi) is 3.58. The van der Waals surface area contributed by atoms with E-state index < -0.39 is 0 Å². The predicted octanol–water partition coefficient (Wildman–Crippen LogP) is 3.69. The van der Waals surface area contributed by atoms with Crippen LogP contribution in [0, 0.1) is 13.8 Å². The highest BCUT2D eigenvalue weighted by Crippen LogP contribution is 2.41. The molecule has 1 aromatic heterocycles. The molecule has 1 aromatic carbocycles. The third-order valence-electron chi connectivity index (χ3n) is 4.48. The quantitative estimate of drug-likeness (QED) is 0.916. The zero-order valence-electron chi connectivity index (χ0n) is 12.5. The van der Waals surface area contributed by atoms with Gasteiger partial charge in [-0.3, -0.25) is 4.98 Å². The Morgan fingerprint density at radius 1 is 1.25 bits per heavy atom. The maximum absolute atomic E-state index is 4.64. The number of hydrogen-bond donors (Lipinski definition) is 1. The summed E-state index contributed by atoms with van der Waals surface area (Å²) < 4.78 is 0. The van der Waals surface area contributed by atoms with E-state index in [-0.39, 0.29) is 0 Å². The van der Waals surface area contributed by atoms with E-state index in [0.29, 0.717) is 12.0 Å². The van der Waals surface area contributed by atoms with Gasteiger partial charge < -0.3 is 5.32 Å². The number of benzene rings is 1. The molecule has 1 heterocycles. The van der Waals surface area contributed by atoms with Gasteiger partial charge in [-0.05, 0) is 56.5 Å². The topological polar surface area (TPSA) is 24.9 Å². The van der Waals surface area contributed by atoms with Gasteiger partial charge in [0.05, 0.1) is 0 Å². The molecule has 2 unspecified atom stereocenters.